The Labute approximate surface area is 170 Å². The molecule has 9 nitrogen and oxygen atoms in total. The fraction of sp³-hybridized carbons (Fsp3) is 0.143. The van der Waals surface area contributed by atoms with E-state index >= 15 is 0 Å². The first-order valence-electron chi connectivity index (χ1n) is 9.07. The van der Waals surface area contributed by atoms with E-state index in [1.54, 1.807) is 18.2 Å². The molecule has 4 N–H and O–H groups in total. The molecule has 0 aliphatic heterocycles. The number of nitrogens with one attached hydrogen (secondary N) is 1. The molecule has 0 bridgehead atoms. The molecular formula is C21H19N5O4. The van der Waals surface area contributed by atoms with Crippen molar-refractivity contribution in [2.45, 2.75) is 13.8 Å². The molecule has 1 amide bonds. The molecule has 0 aliphatic carbocycles. The molecule has 152 valence electrons. The number of ether oxygens (including phenoxy) is 1. The molecule has 0 unspecified atom stereocenters. The molecule has 0 spiro atoms. The van der Waals surface area contributed by atoms with E-state index in [1.807, 2.05) is 26.0 Å². The number of benzene rings is 2. The standard InChI is InChI=1S/C21H19N5O4/c1-10-4-6-13(8-11(10)2)26-20-17(24-21(26)29)16(18(22)28)23-19(25-20)12-5-7-15(30-3)14(27)9-12/h4-9,27H,1-3H3,(H2,22,28)(H,24,29). The Hall–Kier alpha value is -4.14. The minimum atomic E-state index is -0.810. The second kappa shape index (κ2) is 7.03. The van der Waals surface area contributed by atoms with E-state index in [0.717, 1.165) is 11.1 Å². The number of carbonyl (C=O) groups is 1. The average molecular weight is 405 g/mol. The quantitative estimate of drug-likeness (QED) is 0.476. The molecule has 0 radical (unpaired) electrons. The number of amides is 1. The minimum absolute atomic E-state index is 0.111. The third-order valence-corrected chi connectivity index (χ3v) is 4.96. The van der Waals surface area contributed by atoms with Gasteiger partial charge in [-0.05, 0) is 55.3 Å². The molecule has 0 fully saturated rings. The number of hydrogen-bond acceptors (Lipinski definition) is 6. The lowest BCUT2D eigenvalue weighted by Gasteiger charge is -2.09. The fourth-order valence-corrected chi connectivity index (χ4v) is 3.23. The van der Waals surface area contributed by atoms with Gasteiger partial charge in [0.25, 0.3) is 5.91 Å². The van der Waals surface area contributed by atoms with Crippen molar-refractivity contribution in [2.75, 3.05) is 7.11 Å². The second-order valence-electron chi connectivity index (χ2n) is 6.88. The van der Waals surface area contributed by atoms with Crippen molar-refractivity contribution in [1.29, 1.82) is 0 Å². The van der Waals surface area contributed by atoms with Crippen molar-refractivity contribution < 1.29 is 14.6 Å². The maximum absolute atomic E-state index is 12.7. The Morgan fingerprint density at radius 1 is 1.13 bits per heavy atom. The zero-order valence-electron chi connectivity index (χ0n) is 16.6. The lowest BCUT2D eigenvalue weighted by molar-refractivity contribution is 0.0997. The first kappa shape index (κ1) is 19.2. The summed E-state index contributed by atoms with van der Waals surface area (Å²) in [4.78, 5) is 36.1. The van der Waals surface area contributed by atoms with Gasteiger partial charge in [0.05, 0.1) is 12.8 Å². The van der Waals surface area contributed by atoms with Crippen LogP contribution in [0.5, 0.6) is 11.5 Å². The van der Waals surface area contributed by atoms with E-state index in [0.29, 0.717) is 11.3 Å². The zero-order valence-corrected chi connectivity index (χ0v) is 16.6. The highest BCUT2D eigenvalue weighted by molar-refractivity contribution is 6.02. The van der Waals surface area contributed by atoms with Gasteiger partial charge in [-0.15, -0.1) is 0 Å². The molecule has 0 aliphatic rings. The number of rotatable bonds is 4. The van der Waals surface area contributed by atoms with Crippen molar-refractivity contribution in [1.82, 2.24) is 19.5 Å². The number of phenolic OH excluding ortho intramolecular Hbond substituents is 1. The Kier molecular flexibility index (Phi) is 4.50. The highest BCUT2D eigenvalue weighted by atomic mass is 16.5. The first-order chi connectivity index (χ1) is 14.3. The van der Waals surface area contributed by atoms with Crippen LogP contribution in [-0.4, -0.2) is 37.6 Å². The van der Waals surface area contributed by atoms with Crippen LogP contribution in [0.3, 0.4) is 0 Å². The highest BCUT2D eigenvalue weighted by Gasteiger charge is 2.21. The minimum Gasteiger partial charge on any atom is -0.504 e. The van der Waals surface area contributed by atoms with E-state index in [4.69, 9.17) is 10.5 Å². The largest absolute Gasteiger partial charge is 0.504 e. The van der Waals surface area contributed by atoms with Gasteiger partial charge in [0.15, 0.2) is 28.7 Å². The van der Waals surface area contributed by atoms with Crippen molar-refractivity contribution in [3.63, 3.8) is 0 Å². The Balaban J connectivity index is 2.03. The van der Waals surface area contributed by atoms with E-state index in [1.165, 1.54) is 17.7 Å². The van der Waals surface area contributed by atoms with Crippen LogP contribution >= 0.6 is 0 Å². The number of nitrogens with two attached hydrogens (primary N) is 1. The molecule has 2 heterocycles. The molecule has 0 saturated heterocycles. The van der Waals surface area contributed by atoms with Crippen LogP contribution in [0.2, 0.25) is 0 Å². The number of aryl methyl sites for hydroxylation is 2. The Morgan fingerprint density at radius 3 is 2.53 bits per heavy atom. The normalized spacial score (nSPS) is 11.0. The summed E-state index contributed by atoms with van der Waals surface area (Å²) in [5.41, 5.74) is 8.37. The van der Waals surface area contributed by atoms with Crippen LogP contribution in [-0.2, 0) is 0 Å². The second-order valence-corrected chi connectivity index (χ2v) is 6.88. The number of nitrogens with zero attached hydrogens (tertiary/aromatic N) is 3. The van der Waals surface area contributed by atoms with Crippen LogP contribution in [0.25, 0.3) is 28.2 Å². The van der Waals surface area contributed by atoms with Crippen LogP contribution in [0, 0.1) is 13.8 Å². The summed E-state index contributed by atoms with van der Waals surface area (Å²) in [5, 5.41) is 10.1. The molecule has 30 heavy (non-hydrogen) atoms. The maximum Gasteiger partial charge on any atom is 0.332 e. The molecule has 2 aromatic heterocycles. The van der Waals surface area contributed by atoms with Crippen LogP contribution < -0.4 is 16.2 Å². The van der Waals surface area contributed by atoms with E-state index < -0.39 is 11.6 Å². The Morgan fingerprint density at radius 2 is 1.90 bits per heavy atom. The Bertz CT molecular complexity index is 1370. The fourth-order valence-electron chi connectivity index (χ4n) is 3.23. The number of H-pyrrole nitrogens is 1. The van der Waals surface area contributed by atoms with E-state index in [-0.39, 0.29) is 34.2 Å². The summed E-state index contributed by atoms with van der Waals surface area (Å²) >= 11 is 0. The van der Waals surface area contributed by atoms with Gasteiger partial charge in [0.2, 0.25) is 0 Å². The number of phenols is 1. The van der Waals surface area contributed by atoms with Crippen molar-refractivity contribution >= 4 is 17.1 Å². The lowest BCUT2D eigenvalue weighted by atomic mass is 10.1. The number of carbonyl (C=O) groups excluding carboxylic acids is 1. The van der Waals surface area contributed by atoms with Crippen LogP contribution in [0.4, 0.5) is 0 Å². The summed E-state index contributed by atoms with van der Waals surface area (Å²) < 4.78 is 6.42. The number of primary amides is 1. The number of aromatic nitrogens is 4. The van der Waals surface area contributed by atoms with Gasteiger partial charge in [-0.1, -0.05) is 6.07 Å². The molecule has 0 saturated carbocycles. The van der Waals surface area contributed by atoms with Crippen molar-refractivity contribution in [3.05, 3.63) is 63.7 Å². The average Bonchev–Trinajstić information content (AvgIpc) is 3.04. The SMILES string of the molecule is COc1ccc(-c2nc(C(N)=O)c3[nH]c(=O)n(-c4ccc(C)c(C)c4)c3n2)cc1O. The van der Waals surface area contributed by atoms with E-state index in [2.05, 4.69) is 15.0 Å². The molecular weight excluding hydrogens is 386 g/mol. The van der Waals surface area contributed by atoms with Crippen LogP contribution in [0.15, 0.2) is 41.2 Å². The predicted octanol–water partition coefficient (Wildman–Crippen LogP) is 2.21. The van der Waals surface area contributed by atoms with Crippen LogP contribution in [0.1, 0.15) is 21.6 Å². The van der Waals surface area contributed by atoms with Crippen molar-refractivity contribution in [3.8, 4) is 28.6 Å². The molecule has 4 rings (SSSR count). The number of methoxy groups -OCH3 is 1. The number of aromatic hydroxyl groups is 1. The molecule has 9 heteroatoms. The van der Waals surface area contributed by atoms with Crippen molar-refractivity contribution in [2.24, 2.45) is 5.73 Å². The third kappa shape index (κ3) is 3.06. The van der Waals surface area contributed by atoms with Gasteiger partial charge in [-0.2, -0.15) is 0 Å². The third-order valence-electron chi connectivity index (χ3n) is 4.96. The molecule has 0 atom stereocenters. The van der Waals surface area contributed by atoms with Gasteiger partial charge in [-0.3, -0.25) is 4.79 Å². The predicted molar refractivity (Wildman–Crippen MR) is 111 cm³/mol. The zero-order chi connectivity index (χ0) is 21.6. The van der Waals surface area contributed by atoms with Gasteiger partial charge in [0.1, 0.15) is 5.52 Å². The number of fused-ring (bicyclic) bond motifs is 1. The van der Waals surface area contributed by atoms with E-state index in [9.17, 15) is 14.7 Å². The summed E-state index contributed by atoms with van der Waals surface area (Å²) in [7, 11) is 1.44. The monoisotopic (exact) mass is 405 g/mol. The lowest BCUT2D eigenvalue weighted by Crippen LogP contribution is -2.15. The molecule has 2 aromatic carbocycles. The topological polar surface area (TPSA) is 136 Å². The first-order valence-corrected chi connectivity index (χ1v) is 9.07. The number of imidazole rings is 1. The summed E-state index contributed by atoms with van der Waals surface area (Å²) in [6.45, 7) is 3.91. The highest BCUT2D eigenvalue weighted by Crippen LogP contribution is 2.31. The summed E-state index contributed by atoms with van der Waals surface area (Å²) in [6, 6.07) is 10.1. The number of aromatic amines is 1. The van der Waals surface area contributed by atoms with Gasteiger partial charge in [-0.25, -0.2) is 19.3 Å². The maximum atomic E-state index is 12.7. The number of hydrogen-bond donors (Lipinski definition) is 3. The summed E-state index contributed by atoms with van der Waals surface area (Å²) in [5.74, 6) is -0.510. The molecule has 4 aromatic rings. The smallest absolute Gasteiger partial charge is 0.332 e. The van der Waals surface area contributed by atoms with Gasteiger partial charge < -0.3 is 20.6 Å². The van der Waals surface area contributed by atoms with Gasteiger partial charge in [0, 0.05) is 5.56 Å². The summed E-state index contributed by atoms with van der Waals surface area (Å²) in [6.07, 6.45) is 0. The van der Waals surface area contributed by atoms with Gasteiger partial charge >= 0.3 is 5.69 Å².